The lowest BCUT2D eigenvalue weighted by atomic mass is 10.1. The summed E-state index contributed by atoms with van der Waals surface area (Å²) in [5.41, 5.74) is 0.899. The largest absolute Gasteiger partial charge is 0.481 e. The average Bonchev–Trinajstić information content (AvgIpc) is 2.45. The van der Waals surface area contributed by atoms with E-state index in [0.29, 0.717) is 0 Å². The van der Waals surface area contributed by atoms with Gasteiger partial charge in [-0.25, -0.2) is 0 Å². The van der Waals surface area contributed by atoms with Crippen molar-refractivity contribution in [2.75, 3.05) is 0 Å². The van der Waals surface area contributed by atoms with Crippen LogP contribution in [0.4, 0.5) is 0 Å². The van der Waals surface area contributed by atoms with E-state index >= 15 is 0 Å². The third kappa shape index (κ3) is 7.00. The molecule has 0 bridgehead atoms. The van der Waals surface area contributed by atoms with Crippen LogP contribution in [-0.2, 0) is 18.8 Å². The predicted octanol–water partition coefficient (Wildman–Crippen LogP) is 4.55. The Morgan fingerprint density at radius 3 is 2.16 bits per heavy atom. The molecule has 0 aliphatic rings. The van der Waals surface area contributed by atoms with E-state index in [0.717, 1.165) is 5.56 Å². The molecule has 1 rings (SSSR count). The van der Waals surface area contributed by atoms with Crippen molar-refractivity contribution in [3.05, 3.63) is 35.9 Å². The Bertz CT molecular complexity index is 577. The first kappa shape index (κ1) is 21.4. The van der Waals surface area contributed by atoms with Crippen LogP contribution < -0.4 is 0 Å². The van der Waals surface area contributed by atoms with E-state index in [1.807, 2.05) is 43.4 Å². The molecular formula is C19H30O5Si. The molecule has 1 aromatic rings. The number of benzene rings is 1. The number of carbonyl (C=O) groups excluding carboxylic acids is 1. The fourth-order valence-corrected chi connectivity index (χ4v) is 3.52. The molecule has 1 aromatic carbocycles. The number of aliphatic carboxylic acids is 1. The summed E-state index contributed by atoms with van der Waals surface area (Å²) >= 11 is 0. The molecule has 6 heteroatoms. The maximum atomic E-state index is 12.3. The normalized spacial score (nSPS) is 14.6. The molecule has 0 saturated carbocycles. The lowest BCUT2D eigenvalue weighted by Gasteiger charge is -2.38. The Morgan fingerprint density at radius 2 is 1.68 bits per heavy atom. The van der Waals surface area contributed by atoms with E-state index in [-0.39, 0.29) is 24.0 Å². The highest BCUT2D eigenvalue weighted by atomic mass is 28.4. The van der Waals surface area contributed by atoms with E-state index in [1.165, 1.54) is 0 Å². The highest BCUT2D eigenvalue weighted by Gasteiger charge is 2.40. The van der Waals surface area contributed by atoms with E-state index in [1.54, 1.807) is 6.92 Å². The highest BCUT2D eigenvalue weighted by molar-refractivity contribution is 6.74. The van der Waals surface area contributed by atoms with Crippen LogP contribution in [0.2, 0.25) is 18.1 Å². The van der Waals surface area contributed by atoms with Gasteiger partial charge in [0, 0.05) is 0 Å². The van der Waals surface area contributed by atoms with Crippen LogP contribution in [0.5, 0.6) is 0 Å². The summed E-state index contributed by atoms with van der Waals surface area (Å²) in [7, 11) is -2.18. The number of hydrogen-bond acceptors (Lipinski definition) is 4. The summed E-state index contributed by atoms with van der Waals surface area (Å²) in [6, 6.07) is 9.44. The van der Waals surface area contributed by atoms with Gasteiger partial charge in [-0.2, -0.15) is 0 Å². The lowest BCUT2D eigenvalue weighted by Crippen LogP contribution is -2.45. The van der Waals surface area contributed by atoms with Gasteiger partial charge in [-0.05, 0) is 30.6 Å². The monoisotopic (exact) mass is 366 g/mol. The third-order valence-electron chi connectivity index (χ3n) is 4.64. The van der Waals surface area contributed by atoms with E-state index in [9.17, 15) is 9.59 Å². The van der Waals surface area contributed by atoms with Crippen LogP contribution in [-0.4, -0.2) is 31.5 Å². The van der Waals surface area contributed by atoms with Crippen molar-refractivity contribution >= 4 is 20.3 Å². The molecule has 0 aromatic heterocycles. The number of ether oxygens (including phenoxy) is 1. The van der Waals surface area contributed by atoms with Crippen LogP contribution in [0.3, 0.4) is 0 Å². The second-order valence-corrected chi connectivity index (χ2v) is 12.6. The van der Waals surface area contributed by atoms with E-state index < -0.39 is 26.4 Å². The minimum atomic E-state index is -2.18. The Hall–Kier alpha value is -1.66. The maximum absolute atomic E-state index is 12.3. The number of carboxylic acid groups (broad SMARTS) is 1. The smallest absolute Gasteiger partial charge is 0.308 e. The van der Waals surface area contributed by atoms with Gasteiger partial charge in [0.05, 0.1) is 18.9 Å². The Balaban J connectivity index is 2.74. The molecular weight excluding hydrogens is 336 g/mol. The standard InChI is InChI=1S/C19H30O5Si/c1-14(15-10-8-7-9-11-15)23-18(22)13-16(12-17(20)21)24-25(5,6)19(2,3)4/h7-11,14,16H,12-13H2,1-6H3,(H,20,21)/t14-,16?/m0/s1. The molecule has 0 fully saturated rings. The summed E-state index contributed by atoms with van der Waals surface area (Å²) < 4.78 is 11.6. The molecule has 25 heavy (non-hydrogen) atoms. The van der Waals surface area contributed by atoms with Crippen molar-refractivity contribution in [1.29, 1.82) is 0 Å². The Labute approximate surface area is 151 Å². The van der Waals surface area contributed by atoms with Gasteiger partial charge in [-0.15, -0.1) is 0 Å². The molecule has 0 radical (unpaired) electrons. The first-order valence-corrected chi connectivity index (χ1v) is 11.5. The van der Waals surface area contributed by atoms with E-state index in [2.05, 4.69) is 20.8 Å². The van der Waals surface area contributed by atoms with Crippen molar-refractivity contribution < 1.29 is 23.9 Å². The quantitative estimate of drug-likeness (QED) is 0.540. The molecule has 1 N–H and O–H groups in total. The van der Waals surface area contributed by atoms with Gasteiger partial charge >= 0.3 is 11.9 Å². The number of carboxylic acids is 1. The maximum Gasteiger partial charge on any atom is 0.308 e. The fourth-order valence-electron chi connectivity index (χ4n) is 2.17. The van der Waals surface area contributed by atoms with Gasteiger partial charge in [0.1, 0.15) is 6.10 Å². The van der Waals surface area contributed by atoms with Crippen LogP contribution in [0.1, 0.15) is 52.2 Å². The van der Waals surface area contributed by atoms with Crippen LogP contribution in [0, 0.1) is 0 Å². The molecule has 0 heterocycles. The van der Waals surface area contributed by atoms with Gasteiger partial charge in [0.25, 0.3) is 0 Å². The summed E-state index contributed by atoms with van der Waals surface area (Å²) in [5.74, 6) is -1.42. The van der Waals surface area contributed by atoms with Gasteiger partial charge in [0.2, 0.25) is 0 Å². The number of rotatable bonds is 8. The van der Waals surface area contributed by atoms with Crippen molar-refractivity contribution in [3.63, 3.8) is 0 Å². The van der Waals surface area contributed by atoms with Crippen molar-refractivity contribution in [2.24, 2.45) is 0 Å². The van der Waals surface area contributed by atoms with Gasteiger partial charge in [-0.1, -0.05) is 51.1 Å². The van der Waals surface area contributed by atoms with Crippen molar-refractivity contribution in [3.8, 4) is 0 Å². The van der Waals surface area contributed by atoms with Crippen molar-refractivity contribution in [2.45, 2.75) is 70.9 Å². The summed E-state index contributed by atoms with van der Waals surface area (Å²) in [4.78, 5) is 23.4. The molecule has 5 nitrogen and oxygen atoms in total. The zero-order valence-corrected chi connectivity index (χ0v) is 17.0. The molecule has 0 spiro atoms. The molecule has 140 valence electrons. The van der Waals surface area contributed by atoms with Gasteiger partial charge in [0.15, 0.2) is 8.32 Å². The second kappa shape index (κ2) is 8.63. The predicted molar refractivity (Wildman–Crippen MR) is 99.9 cm³/mol. The third-order valence-corrected chi connectivity index (χ3v) is 9.18. The van der Waals surface area contributed by atoms with Crippen LogP contribution >= 0.6 is 0 Å². The first-order chi connectivity index (χ1) is 11.4. The van der Waals surface area contributed by atoms with Gasteiger partial charge in [-0.3, -0.25) is 9.59 Å². The van der Waals surface area contributed by atoms with Crippen molar-refractivity contribution in [1.82, 2.24) is 0 Å². The molecule has 0 saturated heterocycles. The fraction of sp³-hybridized carbons (Fsp3) is 0.579. The molecule has 0 amide bonds. The minimum absolute atomic E-state index is 0.0595. The zero-order chi connectivity index (χ0) is 19.3. The Morgan fingerprint density at radius 1 is 1.12 bits per heavy atom. The molecule has 1 unspecified atom stereocenters. The highest BCUT2D eigenvalue weighted by Crippen LogP contribution is 2.38. The average molecular weight is 367 g/mol. The number of hydrogen-bond donors (Lipinski definition) is 1. The number of carbonyl (C=O) groups is 2. The Kier molecular flexibility index (Phi) is 7.38. The lowest BCUT2D eigenvalue weighted by molar-refractivity contribution is -0.151. The minimum Gasteiger partial charge on any atom is -0.481 e. The summed E-state index contributed by atoms with van der Waals surface area (Å²) in [6.07, 6.45) is -1.32. The SMILES string of the molecule is C[C@H](OC(=O)CC(CC(=O)O)O[Si](C)(C)C(C)(C)C)c1ccccc1. The molecule has 0 aliphatic carbocycles. The molecule has 2 atom stereocenters. The van der Waals surface area contributed by atoms with Crippen LogP contribution in [0.25, 0.3) is 0 Å². The summed E-state index contributed by atoms with van der Waals surface area (Å²) in [5, 5.41) is 9.08. The van der Waals surface area contributed by atoms with E-state index in [4.69, 9.17) is 14.3 Å². The first-order valence-electron chi connectivity index (χ1n) is 8.56. The van der Waals surface area contributed by atoms with Crippen LogP contribution in [0.15, 0.2) is 30.3 Å². The molecule has 0 aliphatic heterocycles. The second-order valence-electron chi connectivity index (χ2n) is 7.84. The zero-order valence-electron chi connectivity index (χ0n) is 16.0. The topological polar surface area (TPSA) is 72.8 Å². The number of esters is 1. The summed E-state index contributed by atoms with van der Waals surface area (Å²) in [6.45, 7) is 12.1. The van der Waals surface area contributed by atoms with Gasteiger partial charge < -0.3 is 14.3 Å².